The molecule has 1 aliphatic rings. The van der Waals surface area contributed by atoms with Crippen LogP contribution in [-0.4, -0.2) is 13.0 Å². The molecule has 0 fully saturated rings. The van der Waals surface area contributed by atoms with Crippen molar-refractivity contribution in [2.45, 2.75) is 26.3 Å². The van der Waals surface area contributed by atoms with E-state index in [1.54, 1.807) is 4.90 Å². The molecule has 0 radical (unpaired) electrons. The number of likely N-dealkylation sites (N-methyl/N-ethyl adjacent to an activating group) is 1. The molecule has 2 aromatic carbocycles. The van der Waals surface area contributed by atoms with Crippen molar-refractivity contribution in [3.05, 3.63) is 64.2 Å². The number of nitrogens with two attached hydrogens (primary N) is 1. The van der Waals surface area contributed by atoms with Crippen LogP contribution in [0.2, 0.25) is 0 Å². The predicted molar refractivity (Wildman–Crippen MR) is 85.5 cm³/mol. The van der Waals surface area contributed by atoms with Crippen molar-refractivity contribution in [1.82, 2.24) is 0 Å². The zero-order valence-electron chi connectivity index (χ0n) is 12.7. The van der Waals surface area contributed by atoms with Crippen LogP contribution in [0.15, 0.2) is 36.4 Å². The molecule has 1 aliphatic heterocycles. The Morgan fingerprint density at radius 2 is 1.90 bits per heavy atom. The molecule has 21 heavy (non-hydrogen) atoms. The first-order chi connectivity index (χ1) is 9.97. The maximum Gasteiger partial charge on any atom is 0.231 e. The lowest BCUT2D eigenvalue weighted by Crippen LogP contribution is -2.20. The summed E-state index contributed by atoms with van der Waals surface area (Å²) in [5, 5.41) is 0. The fraction of sp³-hybridized carbons (Fsp3) is 0.278. The lowest BCUT2D eigenvalue weighted by Gasteiger charge is -2.17. The Morgan fingerprint density at radius 3 is 2.67 bits per heavy atom. The molecule has 1 atom stereocenters. The maximum absolute atomic E-state index is 11.8. The smallest absolute Gasteiger partial charge is 0.231 e. The lowest BCUT2D eigenvalue weighted by molar-refractivity contribution is -0.117. The first-order valence-electron chi connectivity index (χ1n) is 7.19. The van der Waals surface area contributed by atoms with E-state index >= 15 is 0 Å². The summed E-state index contributed by atoms with van der Waals surface area (Å²) in [4.78, 5) is 13.5. The second kappa shape index (κ2) is 5.01. The molecule has 0 aliphatic carbocycles. The summed E-state index contributed by atoms with van der Waals surface area (Å²) in [7, 11) is 1.82. The van der Waals surface area contributed by atoms with E-state index in [4.69, 9.17) is 5.73 Å². The quantitative estimate of drug-likeness (QED) is 0.919. The van der Waals surface area contributed by atoms with Crippen LogP contribution in [0.25, 0.3) is 0 Å². The van der Waals surface area contributed by atoms with Gasteiger partial charge in [-0.15, -0.1) is 0 Å². The standard InChI is InChI=1S/C18H20N2O/c1-11-4-5-12(2)15(8-11)18(19)13-6-7-16-14(9-13)10-17(21)20(16)3/h4-9,18H,10,19H2,1-3H3. The number of nitrogens with zero attached hydrogens (tertiary/aromatic N) is 1. The van der Waals surface area contributed by atoms with Crippen LogP contribution in [0.1, 0.15) is 33.9 Å². The van der Waals surface area contributed by atoms with E-state index in [1.807, 2.05) is 19.2 Å². The third-order valence-corrected chi connectivity index (χ3v) is 4.31. The molecule has 0 saturated heterocycles. The number of benzene rings is 2. The minimum absolute atomic E-state index is 0.141. The van der Waals surface area contributed by atoms with Crippen molar-refractivity contribution in [1.29, 1.82) is 0 Å². The van der Waals surface area contributed by atoms with E-state index in [0.29, 0.717) is 6.42 Å². The molecule has 0 spiro atoms. The molecule has 0 aromatic heterocycles. The Balaban J connectivity index is 2.00. The van der Waals surface area contributed by atoms with Gasteiger partial charge >= 0.3 is 0 Å². The number of amides is 1. The second-order valence-electron chi connectivity index (χ2n) is 5.86. The van der Waals surface area contributed by atoms with Gasteiger partial charge in [-0.2, -0.15) is 0 Å². The third kappa shape index (κ3) is 2.34. The van der Waals surface area contributed by atoms with Gasteiger partial charge in [0, 0.05) is 12.7 Å². The van der Waals surface area contributed by atoms with E-state index < -0.39 is 0 Å². The van der Waals surface area contributed by atoms with Crippen molar-refractivity contribution in [3.63, 3.8) is 0 Å². The Bertz CT molecular complexity index is 721. The topological polar surface area (TPSA) is 46.3 Å². The molecule has 2 aromatic rings. The molecule has 2 N–H and O–H groups in total. The van der Waals surface area contributed by atoms with Crippen LogP contribution in [0, 0.1) is 13.8 Å². The molecule has 0 saturated carbocycles. The lowest BCUT2D eigenvalue weighted by atomic mass is 9.93. The first kappa shape index (κ1) is 13.8. The van der Waals surface area contributed by atoms with Crippen LogP contribution in [-0.2, 0) is 11.2 Å². The number of rotatable bonds is 2. The van der Waals surface area contributed by atoms with Gasteiger partial charge in [0.2, 0.25) is 5.91 Å². The van der Waals surface area contributed by atoms with E-state index in [0.717, 1.165) is 22.4 Å². The van der Waals surface area contributed by atoms with Crippen molar-refractivity contribution in [2.24, 2.45) is 5.73 Å². The van der Waals surface area contributed by atoms with Gasteiger partial charge < -0.3 is 10.6 Å². The van der Waals surface area contributed by atoms with Crippen LogP contribution < -0.4 is 10.6 Å². The summed E-state index contributed by atoms with van der Waals surface area (Å²) in [6, 6.07) is 12.3. The highest BCUT2D eigenvalue weighted by Crippen LogP contribution is 2.32. The van der Waals surface area contributed by atoms with Gasteiger partial charge in [0.25, 0.3) is 0 Å². The number of carbonyl (C=O) groups excluding carboxylic acids is 1. The molecule has 1 amide bonds. The number of hydrogen-bond acceptors (Lipinski definition) is 2. The minimum atomic E-state index is -0.156. The van der Waals surface area contributed by atoms with Crippen LogP contribution in [0.3, 0.4) is 0 Å². The van der Waals surface area contributed by atoms with E-state index in [1.165, 1.54) is 11.1 Å². The monoisotopic (exact) mass is 280 g/mol. The fourth-order valence-corrected chi connectivity index (χ4v) is 2.96. The molecule has 3 heteroatoms. The highest BCUT2D eigenvalue weighted by atomic mass is 16.2. The first-order valence-corrected chi connectivity index (χ1v) is 7.19. The Morgan fingerprint density at radius 1 is 1.14 bits per heavy atom. The maximum atomic E-state index is 11.8. The molecular formula is C18H20N2O. The second-order valence-corrected chi connectivity index (χ2v) is 5.86. The van der Waals surface area contributed by atoms with Gasteiger partial charge in [0.15, 0.2) is 0 Å². The van der Waals surface area contributed by atoms with Crippen molar-refractivity contribution in [2.75, 3.05) is 11.9 Å². The van der Waals surface area contributed by atoms with Gasteiger partial charge in [0.1, 0.15) is 0 Å². The average molecular weight is 280 g/mol. The largest absolute Gasteiger partial charge is 0.320 e. The van der Waals surface area contributed by atoms with Crippen LogP contribution in [0.5, 0.6) is 0 Å². The molecule has 1 heterocycles. The number of carbonyl (C=O) groups is 1. The van der Waals surface area contributed by atoms with Gasteiger partial charge in [-0.25, -0.2) is 0 Å². The van der Waals surface area contributed by atoms with Crippen LogP contribution in [0.4, 0.5) is 5.69 Å². The summed E-state index contributed by atoms with van der Waals surface area (Å²) in [5.74, 6) is 0.141. The van der Waals surface area contributed by atoms with Gasteiger partial charge in [-0.3, -0.25) is 4.79 Å². The SMILES string of the molecule is Cc1ccc(C)c(C(N)c2ccc3c(c2)CC(=O)N3C)c1. The number of fused-ring (bicyclic) bond motifs is 1. The van der Waals surface area contributed by atoms with E-state index in [9.17, 15) is 4.79 Å². The normalized spacial score (nSPS) is 15.2. The van der Waals surface area contributed by atoms with E-state index in [2.05, 4.69) is 38.1 Å². The Hall–Kier alpha value is -2.13. The number of anilines is 1. The highest BCUT2D eigenvalue weighted by molar-refractivity contribution is 6.00. The zero-order chi connectivity index (χ0) is 15.1. The summed E-state index contributed by atoms with van der Waals surface area (Å²) in [6.45, 7) is 4.16. The van der Waals surface area contributed by atoms with E-state index in [-0.39, 0.29) is 11.9 Å². The predicted octanol–water partition coefficient (Wildman–Crippen LogP) is 2.87. The summed E-state index contributed by atoms with van der Waals surface area (Å²) < 4.78 is 0. The van der Waals surface area contributed by atoms with Crippen molar-refractivity contribution in [3.8, 4) is 0 Å². The highest BCUT2D eigenvalue weighted by Gasteiger charge is 2.25. The summed E-state index contributed by atoms with van der Waals surface area (Å²) in [5.41, 5.74) is 13.1. The average Bonchev–Trinajstić information content (AvgIpc) is 2.75. The molecule has 1 unspecified atom stereocenters. The van der Waals surface area contributed by atoms with Gasteiger partial charge in [-0.05, 0) is 42.2 Å². The molecular weight excluding hydrogens is 260 g/mol. The van der Waals surface area contributed by atoms with Crippen molar-refractivity contribution < 1.29 is 4.79 Å². The molecule has 3 rings (SSSR count). The van der Waals surface area contributed by atoms with Crippen molar-refractivity contribution >= 4 is 11.6 Å². The Kier molecular flexibility index (Phi) is 3.30. The molecule has 3 nitrogen and oxygen atoms in total. The zero-order valence-corrected chi connectivity index (χ0v) is 12.7. The fourth-order valence-electron chi connectivity index (χ4n) is 2.96. The number of hydrogen-bond donors (Lipinski definition) is 1. The summed E-state index contributed by atoms with van der Waals surface area (Å²) in [6.07, 6.45) is 0.471. The van der Waals surface area contributed by atoms with Gasteiger partial charge in [-0.1, -0.05) is 35.9 Å². The minimum Gasteiger partial charge on any atom is -0.320 e. The third-order valence-electron chi connectivity index (χ3n) is 4.31. The molecule has 0 bridgehead atoms. The van der Waals surface area contributed by atoms with Crippen LogP contribution >= 0.6 is 0 Å². The summed E-state index contributed by atoms with van der Waals surface area (Å²) >= 11 is 0. The Labute approximate surface area is 125 Å². The van der Waals surface area contributed by atoms with Gasteiger partial charge in [0.05, 0.1) is 12.5 Å². The molecule has 108 valence electrons. The number of aryl methyl sites for hydroxylation is 2.